The van der Waals surface area contributed by atoms with E-state index in [1.54, 1.807) is 7.05 Å². The van der Waals surface area contributed by atoms with E-state index >= 15 is 0 Å². The van der Waals surface area contributed by atoms with Crippen LogP contribution in [0.15, 0.2) is 0 Å². The van der Waals surface area contributed by atoms with Crippen LogP contribution in [0.1, 0.15) is 0 Å². The highest BCUT2D eigenvalue weighted by Crippen LogP contribution is 2.07. The lowest BCUT2D eigenvalue weighted by Gasteiger charge is -2.05. The number of hydrogen-bond acceptors (Lipinski definition) is 9. The van der Waals surface area contributed by atoms with Crippen molar-refractivity contribution in [2.24, 2.45) is 0 Å². The molecule has 0 saturated heterocycles. The molecule has 0 aromatic carbocycles. The maximum Gasteiger partial charge on any atom is 0.631 e. The first-order valence-electron chi connectivity index (χ1n) is 4.08. The zero-order chi connectivity index (χ0) is 14.5. The predicted molar refractivity (Wildman–Crippen MR) is 54.3 cm³/mol. The predicted octanol–water partition coefficient (Wildman–Crippen LogP) is -2.88. The summed E-state index contributed by atoms with van der Waals surface area (Å²) in [4.78, 5) is 19.6. The van der Waals surface area contributed by atoms with Crippen molar-refractivity contribution in [1.29, 1.82) is 0 Å². The van der Waals surface area contributed by atoms with Crippen molar-refractivity contribution in [2.45, 2.75) is 0 Å². The number of nitrogen functional groups attached to an aromatic ring is 1. The Morgan fingerprint density at radius 3 is 2.06 bits per heavy atom. The normalized spacial score (nSPS) is 9.00. The molecule has 0 aliphatic heterocycles. The lowest BCUT2D eigenvalue weighted by molar-refractivity contribution is -0.483. The van der Waals surface area contributed by atoms with Crippen molar-refractivity contribution in [3.63, 3.8) is 0 Å². The SMILES string of the molecule is C[NH3+].Nc1nc([N+](=O)[O-])nn1C([N+](=O)[O-])=[N+]([O-])[O-]. The van der Waals surface area contributed by atoms with Crippen LogP contribution in [0.5, 0.6) is 0 Å². The maximum atomic E-state index is 10.3. The summed E-state index contributed by atoms with van der Waals surface area (Å²) in [6.45, 7) is 0. The van der Waals surface area contributed by atoms with Gasteiger partial charge in [-0.2, -0.15) is 4.90 Å². The first kappa shape index (κ1) is 15.0. The Morgan fingerprint density at radius 1 is 1.28 bits per heavy atom. The number of anilines is 1. The fourth-order valence-corrected chi connectivity index (χ4v) is 0.759. The first-order chi connectivity index (χ1) is 8.34. The molecule has 0 atom stereocenters. The van der Waals surface area contributed by atoms with E-state index in [0.29, 0.717) is 0 Å². The third kappa shape index (κ3) is 2.98. The Kier molecular flexibility index (Phi) is 4.90. The zero-order valence-electron chi connectivity index (χ0n) is 8.92. The third-order valence-corrected chi connectivity index (χ3v) is 1.30. The molecule has 0 saturated carbocycles. The second-order valence-corrected chi connectivity index (χ2v) is 2.25. The molecule has 1 aromatic rings. The van der Waals surface area contributed by atoms with Gasteiger partial charge in [-0.15, -0.1) is 0 Å². The van der Waals surface area contributed by atoms with Crippen LogP contribution in [-0.2, 0) is 0 Å². The summed E-state index contributed by atoms with van der Waals surface area (Å²) in [5, 5.41) is 44.0. The van der Waals surface area contributed by atoms with Gasteiger partial charge in [0.05, 0.1) is 12.0 Å². The molecule has 18 heavy (non-hydrogen) atoms. The molecule has 100 valence electrons. The molecule has 0 unspecified atom stereocenters. The minimum Gasteiger partial charge on any atom is -0.674 e. The van der Waals surface area contributed by atoms with Crippen molar-refractivity contribution in [1.82, 2.24) is 14.8 Å². The highest BCUT2D eigenvalue weighted by atomic mass is 16.8. The van der Waals surface area contributed by atoms with Gasteiger partial charge in [-0.25, -0.2) is 0 Å². The Morgan fingerprint density at radius 2 is 1.78 bits per heavy atom. The van der Waals surface area contributed by atoms with Crippen molar-refractivity contribution in [2.75, 3.05) is 12.8 Å². The Labute approximate surface area is 97.6 Å². The van der Waals surface area contributed by atoms with E-state index in [4.69, 9.17) is 5.73 Å². The lowest BCUT2D eigenvalue weighted by atomic mass is 10.9. The van der Waals surface area contributed by atoms with Crippen molar-refractivity contribution >= 4 is 17.9 Å². The number of aromatic nitrogens is 3. The molecule has 0 aliphatic carbocycles. The van der Waals surface area contributed by atoms with Gasteiger partial charge in [0.15, 0.2) is 5.10 Å². The van der Waals surface area contributed by atoms with Gasteiger partial charge in [0, 0.05) is 4.98 Å². The lowest BCUT2D eigenvalue weighted by Crippen LogP contribution is -2.40. The molecule has 0 bridgehead atoms. The van der Waals surface area contributed by atoms with Crippen LogP contribution in [0.3, 0.4) is 0 Å². The smallest absolute Gasteiger partial charge is 0.631 e. The molecule has 14 nitrogen and oxygen atoms in total. The zero-order valence-corrected chi connectivity index (χ0v) is 8.92. The number of rotatable bonds is 1. The quantitative estimate of drug-likeness (QED) is 0.174. The summed E-state index contributed by atoms with van der Waals surface area (Å²) in [6.07, 6.45) is 0. The van der Waals surface area contributed by atoms with Gasteiger partial charge in [-0.1, -0.05) is 0 Å². The Hall–Kier alpha value is -3.03. The summed E-state index contributed by atoms with van der Waals surface area (Å²) in [5.41, 5.74) is 8.26. The second kappa shape index (κ2) is 5.89. The average Bonchev–Trinajstić information content (AvgIpc) is 2.63. The van der Waals surface area contributed by atoms with Crippen LogP contribution in [-0.4, -0.2) is 42.5 Å². The fraction of sp³-hybridized carbons (Fsp3) is 0.250. The van der Waals surface area contributed by atoms with Crippen LogP contribution in [0.4, 0.5) is 11.9 Å². The van der Waals surface area contributed by atoms with Gasteiger partial charge in [0.2, 0.25) is 0 Å². The highest BCUT2D eigenvalue weighted by molar-refractivity contribution is 5.71. The monoisotopic (exact) mass is 264 g/mol. The summed E-state index contributed by atoms with van der Waals surface area (Å²) in [5.74, 6) is -3.54. The van der Waals surface area contributed by atoms with E-state index in [0.717, 1.165) is 0 Å². The van der Waals surface area contributed by atoms with Crippen LogP contribution < -0.4 is 11.5 Å². The number of nitro groups is 2. The van der Waals surface area contributed by atoms with E-state index < -0.39 is 32.6 Å². The van der Waals surface area contributed by atoms with Crippen molar-refractivity contribution < 1.29 is 20.5 Å². The molecule has 1 aromatic heterocycles. The molecule has 0 spiro atoms. The number of hydrogen-bond donors (Lipinski definition) is 2. The van der Waals surface area contributed by atoms with Gasteiger partial charge < -0.3 is 42.1 Å². The maximum absolute atomic E-state index is 10.3. The summed E-state index contributed by atoms with van der Waals surface area (Å²) >= 11 is 0. The summed E-state index contributed by atoms with van der Waals surface area (Å²) < 4.78 is -0.0296. The average molecular weight is 264 g/mol. The van der Waals surface area contributed by atoms with Gasteiger partial charge in [0.25, 0.3) is 0 Å². The molecule has 5 N–H and O–H groups in total. The van der Waals surface area contributed by atoms with E-state index in [-0.39, 0.29) is 4.68 Å². The second-order valence-electron chi connectivity index (χ2n) is 2.25. The standard InChI is InChI=1S/C3H2N7O6.CH5N/c4-1-5-2(8(11)12)6-7(1)3(9(13)14)10(15)16;1-2/h(H2-,4,5,6,13,14);2H2,1H3/q-1;/p+1. The third-order valence-electron chi connectivity index (χ3n) is 1.30. The topological polar surface area (TPSA) is 220 Å². The van der Waals surface area contributed by atoms with Crippen LogP contribution >= 0.6 is 0 Å². The molecule has 1 rings (SSSR count). The van der Waals surface area contributed by atoms with Crippen molar-refractivity contribution in [3.8, 4) is 0 Å². The number of nitrogens with zero attached hydrogens (tertiary/aromatic N) is 6. The van der Waals surface area contributed by atoms with Gasteiger partial charge >= 0.3 is 17.9 Å². The first-order valence-corrected chi connectivity index (χ1v) is 4.08. The fourth-order valence-electron chi connectivity index (χ4n) is 0.759. The van der Waals surface area contributed by atoms with Gasteiger partial charge in [-0.05, 0) is 4.92 Å². The molecule has 14 heteroatoms. The van der Waals surface area contributed by atoms with E-state index in [1.165, 1.54) is 0 Å². The molecular formula is C4H8N8O6. The van der Waals surface area contributed by atoms with E-state index in [2.05, 4.69) is 15.8 Å². The van der Waals surface area contributed by atoms with Crippen molar-refractivity contribution in [3.05, 3.63) is 30.6 Å². The molecular weight excluding hydrogens is 256 g/mol. The van der Waals surface area contributed by atoms with Crippen LogP contribution in [0, 0.1) is 30.6 Å². The van der Waals surface area contributed by atoms with E-state index in [9.17, 15) is 30.6 Å². The van der Waals surface area contributed by atoms with Crippen LogP contribution in [0.25, 0.3) is 0 Å². The number of quaternary nitrogens is 1. The van der Waals surface area contributed by atoms with Crippen LogP contribution in [0.2, 0.25) is 0 Å². The Bertz CT molecular complexity index is 488. The molecule has 0 amide bonds. The molecule has 0 radical (unpaired) electrons. The minimum absolute atomic E-state index is 0.0296. The highest BCUT2D eigenvalue weighted by Gasteiger charge is 2.39. The van der Waals surface area contributed by atoms with Gasteiger partial charge in [-0.3, -0.25) is 0 Å². The molecule has 0 aliphatic rings. The number of nitrogens with two attached hydrogens (primary N) is 1. The minimum atomic E-state index is -1.64. The Balaban J connectivity index is 0.00000137. The molecule has 0 fully saturated rings. The molecule has 1 heterocycles. The summed E-state index contributed by atoms with van der Waals surface area (Å²) in [7, 11) is 1.75. The van der Waals surface area contributed by atoms with Gasteiger partial charge in [0.1, 0.15) is 4.68 Å². The van der Waals surface area contributed by atoms with E-state index in [1.807, 2.05) is 0 Å². The largest absolute Gasteiger partial charge is 0.674 e. The summed E-state index contributed by atoms with van der Waals surface area (Å²) in [6, 6.07) is 0.